The number of rotatable bonds is 4. The van der Waals surface area contributed by atoms with Gasteiger partial charge >= 0.3 is 0 Å². The summed E-state index contributed by atoms with van der Waals surface area (Å²) in [5, 5.41) is 0.0822. The van der Waals surface area contributed by atoms with Crippen LogP contribution in [0.25, 0.3) is 0 Å². The lowest BCUT2D eigenvalue weighted by Gasteiger charge is -2.19. The number of amides is 1. The predicted octanol–water partition coefficient (Wildman–Crippen LogP) is 3.29. The summed E-state index contributed by atoms with van der Waals surface area (Å²) < 4.78 is 49.8. The van der Waals surface area contributed by atoms with Gasteiger partial charge in [-0.25, -0.2) is 17.2 Å². The maximum absolute atomic E-state index is 13.7. The van der Waals surface area contributed by atoms with Gasteiger partial charge in [0.25, 0.3) is 5.91 Å². The molecule has 128 valence electrons. The van der Waals surface area contributed by atoms with Crippen molar-refractivity contribution in [2.24, 2.45) is 0 Å². The van der Waals surface area contributed by atoms with Gasteiger partial charge in [0.15, 0.2) is 9.84 Å². The number of nitrogens with zero attached hydrogens (tertiary/aromatic N) is 1. The van der Waals surface area contributed by atoms with Crippen molar-refractivity contribution >= 4 is 27.3 Å². The Balaban J connectivity index is 2.31. The van der Waals surface area contributed by atoms with E-state index in [-0.39, 0.29) is 27.6 Å². The van der Waals surface area contributed by atoms with Crippen molar-refractivity contribution in [1.29, 1.82) is 0 Å². The molecule has 0 bridgehead atoms. The summed E-state index contributed by atoms with van der Waals surface area (Å²) in [6.45, 7) is -0.121. The van der Waals surface area contributed by atoms with Gasteiger partial charge in [-0.05, 0) is 24.3 Å². The van der Waals surface area contributed by atoms with Crippen molar-refractivity contribution in [3.63, 3.8) is 0 Å². The molecule has 8 heteroatoms. The SMILES string of the molecule is CN(Cc1ccc(F)cc1F)C(=O)c1cc(S(C)(=O)=O)ccc1Cl. The average Bonchev–Trinajstić information content (AvgIpc) is 2.48. The summed E-state index contributed by atoms with van der Waals surface area (Å²) >= 11 is 5.97. The second-order valence-corrected chi connectivity index (χ2v) is 7.73. The number of hydrogen-bond donors (Lipinski definition) is 0. The first kappa shape index (κ1) is 18.4. The third-order valence-corrected chi connectivity index (χ3v) is 4.81. The average molecular weight is 374 g/mol. The molecular formula is C16H14ClF2NO3S. The van der Waals surface area contributed by atoms with E-state index in [1.54, 1.807) is 0 Å². The second kappa shape index (κ2) is 6.86. The smallest absolute Gasteiger partial charge is 0.255 e. The first-order chi connectivity index (χ1) is 11.1. The van der Waals surface area contributed by atoms with E-state index in [0.29, 0.717) is 0 Å². The van der Waals surface area contributed by atoms with Gasteiger partial charge in [0.1, 0.15) is 11.6 Å². The number of halogens is 3. The molecule has 0 aliphatic rings. The molecule has 0 aliphatic carbocycles. The topological polar surface area (TPSA) is 54.5 Å². The molecule has 0 spiro atoms. The lowest BCUT2D eigenvalue weighted by molar-refractivity contribution is 0.0783. The van der Waals surface area contributed by atoms with Gasteiger partial charge < -0.3 is 4.90 Å². The van der Waals surface area contributed by atoms with E-state index in [0.717, 1.165) is 18.4 Å². The largest absolute Gasteiger partial charge is 0.337 e. The van der Waals surface area contributed by atoms with Crippen LogP contribution in [0.1, 0.15) is 15.9 Å². The molecule has 0 atom stereocenters. The predicted molar refractivity (Wildman–Crippen MR) is 86.7 cm³/mol. The second-order valence-electron chi connectivity index (χ2n) is 5.31. The van der Waals surface area contributed by atoms with Crippen LogP contribution in [-0.4, -0.2) is 32.5 Å². The van der Waals surface area contributed by atoms with Gasteiger partial charge in [-0.1, -0.05) is 17.7 Å². The Bertz CT molecular complexity index is 900. The maximum Gasteiger partial charge on any atom is 0.255 e. The maximum atomic E-state index is 13.7. The van der Waals surface area contributed by atoms with Crippen molar-refractivity contribution in [1.82, 2.24) is 4.90 Å². The van der Waals surface area contributed by atoms with Crippen LogP contribution in [0.2, 0.25) is 5.02 Å². The Morgan fingerprint density at radius 2 is 1.83 bits per heavy atom. The van der Waals surface area contributed by atoms with E-state index in [1.165, 1.54) is 36.2 Å². The molecule has 0 unspecified atom stereocenters. The lowest BCUT2D eigenvalue weighted by atomic mass is 10.1. The number of hydrogen-bond acceptors (Lipinski definition) is 3. The Morgan fingerprint density at radius 3 is 2.42 bits per heavy atom. The summed E-state index contributed by atoms with van der Waals surface area (Å²) in [6, 6.07) is 6.85. The third-order valence-electron chi connectivity index (χ3n) is 3.37. The first-order valence-electron chi connectivity index (χ1n) is 6.78. The molecule has 0 fully saturated rings. The molecule has 1 amide bonds. The summed E-state index contributed by atoms with van der Waals surface area (Å²) in [6.07, 6.45) is 1.02. The van der Waals surface area contributed by atoms with Gasteiger partial charge in [-0.3, -0.25) is 4.79 Å². The molecule has 0 saturated carbocycles. The Hall–Kier alpha value is -1.99. The fourth-order valence-corrected chi connectivity index (χ4v) is 2.93. The molecule has 0 saturated heterocycles. The molecule has 4 nitrogen and oxygen atoms in total. The normalized spacial score (nSPS) is 11.4. The highest BCUT2D eigenvalue weighted by atomic mass is 35.5. The number of benzene rings is 2. The van der Waals surface area contributed by atoms with Crippen LogP contribution in [0.5, 0.6) is 0 Å². The summed E-state index contributed by atoms with van der Waals surface area (Å²) in [4.78, 5) is 13.6. The highest BCUT2D eigenvalue weighted by Crippen LogP contribution is 2.23. The zero-order valence-electron chi connectivity index (χ0n) is 12.9. The number of sulfone groups is 1. The van der Waals surface area contributed by atoms with Crippen LogP contribution in [0.15, 0.2) is 41.3 Å². The number of carbonyl (C=O) groups is 1. The summed E-state index contributed by atoms with van der Waals surface area (Å²) in [7, 11) is -2.09. The van der Waals surface area contributed by atoms with Crippen LogP contribution >= 0.6 is 11.6 Å². The monoisotopic (exact) mass is 373 g/mol. The van der Waals surface area contributed by atoms with Gasteiger partial charge in [-0.2, -0.15) is 0 Å². The fourth-order valence-electron chi connectivity index (χ4n) is 2.08. The van der Waals surface area contributed by atoms with E-state index in [9.17, 15) is 22.0 Å². The quantitative estimate of drug-likeness (QED) is 0.826. The zero-order valence-corrected chi connectivity index (χ0v) is 14.5. The van der Waals surface area contributed by atoms with Crippen molar-refractivity contribution in [2.45, 2.75) is 11.4 Å². The highest BCUT2D eigenvalue weighted by Gasteiger charge is 2.19. The van der Waals surface area contributed by atoms with Gasteiger partial charge in [0.05, 0.1) is 15.5 Å². The van der Waals surface area contributed by atoms with Crippen molar-refractivity contribution in [2.75, 3.05) is 13.3 Å². The molecule has 0 aliphatic heterocycles. The summed E-state index contributed by atoms with van der Waals surface area (Å²) in [5.74, 6) is -2.06. The molecule has 2 rings (SSSR count). The van der Waals surface area contributed by atoms with Crippen molar-refractivity contribution in [3.05, 3.63) is 64.2 Å². The standard InChI is InChI=1S/C16H14ClF2NO3S/c1-20(9-10-3-4-11(18)7-15(10)19)16(21)13-8-12(24(2,22)23)5-6-14(13)17/h3-8H,9H2,1-2H3. The highest BCUT2D eigenvalue weighted by molar-refractivity contribution is 7.90. The van der Waals surface area contributed by atoms with E-state index in [1.807, 2.05) is 0 Å². The van der Waals surface area contributed by atoms with Crippen LogP contribution < -0.4 is 0 Å². The van der Waals surface area contributed by atoms with Crippen molar-refractivity contribution < 1.29 is 22.0 Å². The minimum atomic E-state index is -3.50. The van der Waals surface area contributed by atoms with Crippen LogP contribution in [0.4, 0.5) is 8.78 Å². The van der Waals surface area contributed by atoms with Crippen molar-refractivity contribution in [3.8, 4) is 0 Å². The molecular weight excluding hydrogens is 360 g/mol. The summed E-state index contributed by atoms with van der Waals surface area (Å²) in [5.41, 5.74) is 0.118. The van der Waals surface area contributed by atoms with Gasteiger partial charge in [-0.15, -0.1) is 0 Å². The van der Waals surface area contributed by atoms with E-state index >= 15 is 0 Å². The molecule has 0 heterocycles. The lowest BCUT2D eigenvalue weighted by Crippen LogP contribution is -2.27. The zero-order chi connectivity index (χ0) is 18.1. The minimum absolute atomic E-state index is 0.00962. The Labute approximate surface area is 143 Å². The van der Waals surface area contributed by atoms with Gasteiger partial charge in [0.2, 0.25) is 0 Å². The number of carbonyl (C=O) groups excluding carboxylic acids is 1. The van der Waals surface area contributed by atoms with E-state index < -0.39 is 27.4 Å². The third kappa shape index (κ3) is 4.10. The fraction of sp³-hybridized carbons (Fsp3) is 0.188. The minimum Gasteiger partial charge on any atom is -0.337 e. The molecule has 2 aromatic rings. The molecule has 24 heavy (non-hydrogen) atoms. The van der Waals surface area contributed by atoms with E-state index in [4.69, 9.17) is 11.6 Å². The van der Waals surface area contributed by atoms with E-state index in [2.05, 4.69) is 0 Å². The molecule has 2 aromatic carbocycles. The molecule has 0 aromatic heterocycles. The Kier molecular flexibility index (Phi) is 5.25. The first-order valence-corrected chi connectivity index (χ1v) is 9.05. The van der Waals surface area contributed by atoms with Gasteiger partial charge in [0, 0.05) is 31.5 Å². The Morgan fingerprint density at radius 1 is 1.17 bits per heavy atom. The molecule has 0 N–H and O–H groups in total. The van der Waals surface area contributed by atoms with Crippen LogP contribution in [0.3, 0.4) is 0 Å². The van der Waals surface area contributed by atoms with Crippen LogP contribution in [0, 0.1) is 11.6 Å². The molecule has 0 radical (unpaired) electrons. The van der Waals surface area contributed by atoms with Crippen LogP contribution in [-0.2, 0) is 16.4 Å².